The zero-order valence-electron chi connectivity index (χ0n) is 11.7. The van der Waals surface area contributed by atoms with Gasteiger partial charge in [0.1, 0.15) is 4.90 Å². The molecule has 1 N–H and O–H groups in total. The Bertz CT molecular complexity index is 742. The van der Waals surface area contributed by atoms with E-state index in [1.54, 1.807) is 24.3 Å². The number of hydrogen-bond donors (Lipinski definition) is 1. The Morgan fingerprint density at radius 1 is 1.14 bits per heavy atom. The molecule has 2 rings (SSSR count). The van der Waals surface area contributed by atoms with E-state index < -0.39 is 10.0 Å². The molecule has 0 saturated heterocycles. The molecule has 0 aliphatic heterocycles. The molecule has 112 valence electrons. The number of aryl methyl sites for hydroxylation is 1. The third-order valence-electron chi connectivity index (χ3n) is 3.21. The standard InChI is InChI=1S/C15H16BrNO3S/c1-11-3-6-13(7-4-11)17(2)21(19,20)15-8-5-12(10-18)9-14(15)16/h3-9,18H,10H2,1-2H3. The van der Waals surface area contributed by atoms with Crippen molar-refractivity contribution in [2.45, 2.75) is 18.4 Å². The smallest absolute Gasteiger partial charge is 0.265 e. The lowest BCUT2D eigenvalue weighted by Gasteiger charge is -2.20. The molecule has 0 radical (unpaired) electrons. The number of halogens is 1. The number of aliphatic hydroxyl groups excluding tert-OH is 1. The van der Waals surface area contributed by atoms with Crippen molar-refractivity contribution in [3.63, 3.8) is 0 Å². The Morgan fingerprint density at radius 3 is 2.29 bits per heavy atom. The molecule has 0 heterocycles. The Hall–Kier alpha value is -1.37. The molecular weight excluding hydrogens is 354 g/mol. The van der Waals surface area contributed by atoms with Crippen LogP contribution in [0.5, 0.6) is 0 Å². The lowest BCUT2D eigenvalue weighted by Crippen LogP contribution is -2.26. The lowest BCUT2D eigenvalue weighted by atomic mass is 10.2. The molecule has 0 fully saturated rings. The molecular formula is C15H16BrNO3S. The zero-order valence-corrected chi connectivity index (χ0v) is 14.1. The van der Waals surface area contributed by atoms with Crippen LogP contribution in [0.1, 0.15) is 11.1 Å². The normalized spacial score (nSPS) is 11.4. The predicted molar refractivity (Wildman–Crippen MR) is 86.8 cm³/mol. The minimum atomic E-state index is -3.66. The van der Waals surface area contributed by atoms with E-state index in [0.29, 0.717) is 15.7 Å². The molecule has 6 heteroatoms. The van der Waals surface area contributed by atoms with Crippen molar-refractivity contribution in [1.82, 2.24) is 0 Å². The van der Waals surface area contributed by atoms with Crippen molar-refractivity contribution in [2.24, 2.45) is 0 Å². The van der Waals surface area contributed by atoms with Crippen LogP contribution in [-0.4, -0.2) is 20.6 Å². The van der Waals surface area contributed by atoms with Gasteiger partial charge in [-0.25, -0.2) is 8.42 Å². The van der Waals surface area contributed by atoms with E-state index in [-0.39, 0.29) is 11.5 Å². The summed E-state index contributed by atoms with van der Waals surface area (Å²) < 4.78 is 27.0. The maximum atomic E-state index is 12.7. The highest BCUT2D eigenvalue weighted by atomic mass is 79.9. The summed E-state index contributed by atoms with van der Waals surface area (Å²) in [7, 11) is -2.14. The first kappa shape index (κ1) is 16.0. The summed E-state index contributed by atoms with van der Waals surface area (Å²) in [5, 5.41) is 9.09. The van der Waals surface area contributed by atoms with Gasteiger partial charge in [0.15, 0.2) is 0 Å². The van der Waals surface area contributed by atoms with Gasteiger partial charge in [-0.2, -0.15) is 0 Å². The third kappa shape index (κ3) is 3.28. The quantitative estimate of drug-likeness (QED) is 0.900. The second-order valence-corrected chi connectivity index (χ2v) is 7.52. The Labute approximate surface area is 133 Å². The molecule has 0 saturated carbocycles. The van der Waals surface area contributed by atoms with E-state index in [1.807, 2.05) is 19.1 Å². The number of sulfonamides is 1. The Morgan fingerprint density at radius 2 is 1.76 bits per heavy atom. The molecule has 4 nitrogen and oxygen atoms in total. The van der Waals surface area contributed by atoms with E-state index in [2.05, 4.69) is 15.9 Å². The van der Waals surface area contributed by atoms with Gasteiger partial charge in [-0.15, -0.1) is 0 Å². The highest BCUT2D eigenvalue weighted by Crippen LogP contribution is 2.28. The van der Waals surface area contributed by atoms with Crippen LogP contribution < -0.4 is 4.31 Å². The molecule has 0 aliphatic rings. The molecule has 0 aromatic heterocycles. The van der Waals surface area contributed by atoms with Crippen molar-refractivity contribution in [1.29, 1.82) is 0 Å². The number of hydrogen-bond acceptors (Lipinski definition) is 3. The van der Waals surface area contributed by atoms with Crippen molar-refractivity contribution >= 4 is 31.6 Å². The van der Waals surface area contributed by atoms with Gasteiger partial charge in [0.2, 0.25) is 0 Å². The van der Waals surface area contributed by atoms with Crippen molar-refractivity contribution in [2.75, 3.05) is 11.4 Å². The van der Waals surface area contributed by atoms with E-state index in [9.17, 15) is 8.42 Å². The molecule has 2 aromatic rings. The topological polar surface area (TPSA) is 57.6 Å². The summed E-state index contributed by atoms with van der Waals surface area (Å²) in [5.41, 5.74) is 2.32. The SMILES string of the molecule is Cc1ccc(N(C)S(=O)(=O)c2ccc(CO)cc2Br)cc1. The number of rotatable bonds is 4. The number of aliphatic hydroxyl groups is 1. The molecule has 0 bridgehead atoms. The minimum Gasteiger partial charge on any atom is -0.392 e. The van der Waals surface area contributed by atoms with Crippen LogP contribution in [-0.2, 0) is 16.6 Å². The fourth-order valence-corrected chi connectivity index (χ4v) is 4.17. The second-order valence-electron chi connectivity index (χ2n) is 4.73. The lowest BCUT2D eigenvalue weighted by molar-refractivity contribution is 0.281. The number of benzene rings is 2. The molecule has 2 aromatic carbocycles. The first-order valence-corrected chi connectivity index (χ1v) is 8.54. The predicted octanol–water partition coefficient (Wildman–Crippen LogP) is 3.07. The number of nitrogens with zero attached hydrogens (tertiary/aromatic N) is 1. The molecule has 0 aliphatic carbocycles. The first-order chi connectivity index (χ1) is 9.86. The summed E-state index contributed by atoms with van der Waals surface area (Å²) in [4.78, 5) is 0.169. The maximum Gasteiger partial charge on any atom is 0.265 e. The summed E-state index contributed by atoms with van der Waals surface area (Å²) in [6, 6.07) is 12.0. The van der Waals surface area contributed by atoms with Crippen LogP contribution in [0.25, 0.3) is 0 Å². The fourth-order valence-electron chi connectivity index (χ4n) is 1.89. The van der Waals surface area contributed by atoms with E-state index >= 15 is 0 Å². The van der Waals surface area contributed by atoms with Crippen molar-refractivity contribution in [3.8, 4) is 0 Å². The molecule has 0 spiro atoms. The zero-order chi connectivity index (χ0) is 15.6. The van der Waals surface area contributed by atoms with Crippen LogP contribution in [0.2, 0.25) is 0 Å². The molecule has 0 atom stereocenters. The van der Waals surface area contributed by atoms with Gasteiger partial charge in [0.25, 0.3) is 10.0 Å². The van der Waals surface area contributed by atoms with Gasteiger partial charge in [0.05, 0.1) is 12.3 Å². The van der Waals surface area contributed by atoms with Crippen LogP contribution in [0, 0.1) is 6.92 Å². The summed E-state index contributed by atoms with van der Waals surface area (Å²) in [5.74, 6) is 0. The Balaban J connectivity index is 2.44. The molecule has 0 unspecified atom stereocenters. The first-order valence-electron chi connectivity index (χ1n) is 6.31. The van der Waals surface area contributed by atoms with Crippen LogP contribution in [0.15, 0.2) is 51.8 Å². The highest BCUT2D eigenvalue weighted by molar-refractivity contribution is 9.10. The van der Waals surface area contributed by atoms with Crippen molar-refractivity contribution in [3.05, 3.63) is 58.1 Å². The average Bonchev–Trinajstić information content (AvgIpc) is 2.46. The maximum absolute atomic E-state index is 12.7. The minimum absolute atomic E-state index is 0.132. The molecule has 0 amide bonds. The largest absolute Gasteiger partial charge is 0.392 e. The summed E-state index contributed by atoms with van der Waals surface area (Å²) in [6.45, 7) is 1.81. The van der Waals surface area contributed by atoms with Gasteiger partial charge in [-0.05, 0) is 52.7 Å². The monoisotopic (exact) mass is 369 g/mol. The third-order valence-corrected chi connectivity index (χ3v) is 5.98. The van der Waals surface area contributed by atoms with Gasteiger partial charge in [0, 0.05) is 11.5 Å². The van der Waals surface area contributed by atoms with Gasteiger partial charge in [-0.1, -0.05) is 23.8 Å². The molecule has 21 heavy (non-hydrogen) atoms. The van der Waals surface area contributed by atoms with Gasteiger partial charge < -0.3 is 5.11 Å². The van der Waals surface area contributed by atoms with Gasteiger partial charge in [-0.3, -0.25) is 4.31 Å². The van der Waals surface area contributed by atoms with Gasteiger partial charge >= 0.3 is 0 Å². The highest BCUT2D eigenvalue weighted by Gasteiger charge is 2.23. The Kier molecular flexibility index (Phi) is 4.70. The summed E-state index contributed by atoms with van der Waals surface area (Å²) >= 11 is 3.26. The van der Waals surface area contributed by atoms with Crippen LogP contribution in [0.3, 0.4) is 0 Å². The van der Waals surface area contributed by atoms with E-state index in [0.717, 1.165) is 5.56 Å². The van der Waals surface area contributed by atoms with Crippen LogP contribution >= 0.6 is 15.9 Å². The number of anilines is 1. The van der Waals surface area contributed by atoms with E-state index in [4.69, 9.17) is 5.11 Å². The van der Waals surface area contributed by atoms with Crippen molar-refractivity contribution < 1.29 is 13.5 Å². The average molecular weight is 370 g/mol. The second kappa shape index (κ2) is 6.17. The van der Waals surface area contributed by atoms with E-state index in [1.165, 1.54) is 17.4 Å². The summed E-state index contributed by atoms with van der Waals surface area (Å²) in [6.07, 6.45) is 0. The van der Waals surface area contributed by atoms with Crippen LogP contribution in [0.4, 0.5) is 5.69 Å². The fraction of sp³-hybridized carbons (Fsp3) is 0.200.